The monoisotopic (exact) mass is 552 g/mol. The maximum atomic E-state index is 14.1. The van der Waals surface area contributed by atoms with Crippen molar-refractivity contribution >= 4 is 37.8 Å². The van der Waals surface area contributed by atoms with Crippen LogP contribution in [0.4, 0.5) is 10.2 Å². The summed E-state index contributed by atoms with van der Waals surface area (Å²) in [4.78, 5) is 21.3. The summed E-state index contributed by atoms with van der Waals surface area (Å²) in [5.41, 5.74) is 0.869. The fraction of sp³-hybridized carbons (Fsp3) is 0.333. The number of nitrogens with one attached hydrogen (secondary N) is 1. The van der Waals surface area contributed by atoms with E-state index in [2.05, 4.69) is 36.3 Å². The molecule has 34 heavy (non-hydrogen) atoms. The zero-order valence-electron chi connectivity index (χ0n) is 17.9. The van der Waals surface area contributed by atoms with Gasteiger partial charge in [-0.25, -0.2) is 19.5 Å². The number of aromatic nitrogens is 4. The molecule has 1 aromatic carbocycles. The van der Waals surface area contributed by atoms with Crippen LogP contribution in [0.15, 0.2) is 47.5 Å². The highest BCUT2D eigenvalue weighted by atomic mass is 79.9. The molecule has 3 aromatic rings. The number of halogens is 2. The lowest BCUT2D eigenvalue weighted by molar-refractivity contribution is 0.103. The number of benzene rings is 1. The van der Waals surface area contributed by atoms with Crippen LogP contribution >= 0.6 is 15.9 Å². The summed E-state index contributed by atoms with van der Waals surface area (Å²) >= 11 is 3.32. The molecule has 0 radical (unpaired) electrons. The minimum atomic E-state index is -3.98. The molecule has 180 valence electrons. The van der Waals surface area contributed by atoms with Crippen molar-refractivity contribution in [2.45, 2.75) is 31.8 Å². The fourth-order valence-electron chi connectivity index (χ4n) is 3.90. The maximum Gasteiger partial charge on any atom is 0.333 e. The lowest BCUT2D eigenvalue weighted by Crippen LogP contribution is -2.22. The fourth-order valence-corrected chi connectivity index (χ4v) is 4.69. The lowest BCUT2D eigenvalue weighted by atomic mass is 10.1. The van der Waals surface area contributed by atoms with Crippen LogP contribution in [0.1, 0.15) is 40.9 Å². The highest BCUT2D eigenvalue weighted by Crippen LogP contribution is 2.29. The van der Waals surface area contributed by atoms with Gasteiger partial charge < -0.3 is 5.32 Å². The summed E-state index contributed by atoms with van der Waals surface area (Å²) in [5.74, 6) is -0.348. The number of nitrogens with zero attached hydrogens (tertiary/aromatic N) is 4. The highest BCUT2D eigenvalue weighted by molar-refractivity contribution is 9.10. The second-order valence-corrected chi connectivity index (χ2v) is 10.2. The van der Waals surface area contributed by atoms with E-state index in [1.807, 2.05) is 0 Å². The molecule has 2 unspecified atom stereocenters. The van der Waals surface area contributed by atoms with E-state index >= 15 is 0 Å². The number of hydrogen-bond acceptors (Lipinski definition) is 8. The Kier molecular flexibility index (Phi) is 7.36. The summed E-state index contributed by atoms with van der Waals surface area (Å²) in [6, 6.07) is 6.18. The molecule has 2 aromatic heterocycles. The molecule has 0 saturated heterocycles. The molecule has 10 nitrogen and oxygen atoms in total. The second-order valence-electron chi connectivity index (χ2n) is 8.05. The quantitative estimate of drug-likeness (QED) is 0.385. The van der Waals surface area contributed by atoms with Gasteiger partial charge in [-0.15, -0.1) is 0 Å². The van der Waals surface area contributed by atoms with Gasteiger partial charge in [0.05, 0.1) is 18.7 Å². The van der Waals surface area contributed by atoms with Gasteiger partial charge in [-0.05, 0) is 49.4 Å². The van der Waals surface area contributed by atoms with E-state index in [1.165, 1.54) is 23.3 Å². The molecule has 4 rings (SSSR count). The van der Waals surface area contributed by atoms with Crippen molar-refractivity contribution in [2.75, 3.05) is 11.9 Å². The Hall–Kier alpha value is -2.74. The normalized spacial score (nSPS) is 18.2. The summed E-state index contributed by atoms with van der Waals surface area (Å²) in [6.45, 7) is 0.182. The number of carbonyl (C=O) groups excluding carboxylic acids is 1. The van der Waals surface area contributed by atoms with Crippen molar-refractivity contribution < 1.29 is 21.8 Å². The molecule has 0 bridgehead atoms. The van der Waals surface area contributed by atoms with Crippen molar-refractivity contribution in [3.63, 3.8) is 0 Å². The molecule has 2 atom stereocenters. The van der Waals surface area contributed by atoms with Crippen LogP contribution in [0.5, 0.6) is 0 Å². The van der Waals surface area contributed by atoms with Gasteiger partial charge in [0.15, 0.2) is 0 Å². The van der Waals surface area contributed by atoms with E-state index in [9.17, 15) is 17.6 Å². The SMILES string of the molecule is NS(=O)(=O)OCC1CCC(Nc2ncncc2C(=O)c2ccn(Cc3cc(Br)ccc3F)n2)C1. The van der Waals surface area contributed by atoms with Crippen molar-refractivity contribution in [1.82, 2.24) is 19.7 Å². The van der Waals surface area contributed by atoms with Crippen molar-refractivity contribution in [2.24, 2.45) is 11.1 Å². The maximum absolute atomic E-state index is 14.1. The first-order valence-electron chi connectivity index (χ1n) is 10.4. The van der Waals surface area contributed by atoms with Crippen molar-refractivity contribution in [3.05, 3.63) is 70.1 Å². The molecule has 1 saturated carbocycles. The van der Waals surface area contributed by atoms with Gasteiger partial charge >= 0.3 is 10.3 Å². The third-order valence-electron chi connectivity index (χ3n) is 5.52. The summed E-state index contributed by atoms with van der Waals surface area (Å²) in [6.07, 6.45) is 6.50. The Morgan fingerprint density at radius 3 is 2.94 bits per heavy atom. The Morgan fingerprint density at radius 2 is 2.15 bits per heavy atom. The summed E-state index contributed by atoms with van der Waals surface area (Å²) in [7, 11) is -3.98. The second kappa shape index (κ2) is 10.3. The standard InChI is InChI=1S/C21H22BrFN6O4S/c22-15-2-4-18(23)14(8-15)10-29-6-5-19(28-29)20(30)17-9-25-12-26-21(17)27-16-3-1-13(7-16)11-33-34(24,31)32/h2,4-6,8-9,12-13,16H,1,3,7,10-11H2,(H2,24,31,32)(H,25,26,27). The average Bonchev–Trinajstić information content (AvgIpc) is 3.44. The van der Waals surface area contributed by atoms with E-state index in [0.29, 0.717) is 17.8 Å². The van der Waals surface area contributed by atoms with Crippen LogP contribution in [0.3, 0.4) is 0 Å². The van der Waals surface area contributed by atoms with E-state index in [-0.39, 0.29) is 48.0 Å². The molecule has 1 fully saturated rings. The van der Waals surface area contributed by atoms with Gasteiger partial charge in [-0.3, -0.25) is 13.7 Å². The smallest absolute Gasteiger partial charge is 0.333 e. The van der Waals surface area contributed by atoms with E-state index < -0.39 is 10.3 Å². The van der Waals surface area contributed by atoms with Gasteiger partial charge in [0.2, 0.25) is 5.78 Å². The highest BCUT2D eigenvalue weighted by Gasteiger charge is 2.28. The topological polar surface area (TPSA) is 142 Å². The molecule has 0 amide bonds. The average molecular weight is 553 g/mol. The first kappa shape index (κ1) is 24.4. The van der Waals surface area contributed by atoms with Crippen LogP contribution in [-0.2, 0) is 21.0 Å². The predicted octanol–water partition coefficient (Wildman–Crippen LogP) is 2.65. The van der Waals surface area contributed by atoms with Gasteiger partial charge in [-0.1, -0.05) is 15.9 Å². The van der Waals surface area contributed by atoms with Gasteiger partial charge in [-0.2, -0.15) is 13.5 Å². The number of nitrogens with two attached hydrogens (primary N) is 1. The summed E-state index contributed by atoms with van der Waals surface area (Å²) < 4.78 is 43.0. The number of carbonyl (C=O) groups is 1. The van der Waals surface area contributed by atoms with E-state index in [0.717, 1.165) is 17.3 Å². The van der Waals surface area contributed by atoms with Crippen LogP contribution in [0.25, 0.3) is 0 Å². The van der Waals surface area contributed by atoms with Crippen LogP contribution in [-0.4, -0.2) is 46.6 Å². The van der Waals surface area contributed by atoms with Crippen LogP contribution in [0, 0.1) is 11.7 Å². The molecule has 1 aliphatic rings. The molecule has 0 aliphatic heterocycles. The Labute approximate surface area is 204 Å². The molecular formula is C21H22BrFN6O4S. The largest absolute Gasteiger partial charge is 0.367 e. The lowest BCUT2D eigenvalue weighted by Gasteiger charge is -2.15. The third kappa shape index (κ3) is 6.23. The van der Waals surface area contributed by atoms with E-state index in [4.69, 9.17) is 9.32 Å². The number of ketones is 1. The molecular weight excluding hydrogens is 531 g/mol. The molecule has 2 heterocycles. The van der Waals surface area contributed by atoms with Gasteiger partial charge in [0.25, 0.3) is 0 Å². The number of hydrogen-bond donors (Lipinski definition) is 2. The predicted molar refractivity (Wildman–Crippen MR) is 125 cm³/mol. The Bertz CT molecular complexity index is 1300. The van der Waals surface area contributed by atoms with Gasteiger partial charge in [0.1, 0.15) is 23.7 Å². The van der Waals surface area contributed by atoms with Gasteiger partial charge in [0, 0.05) is 28.5 Å². The zero-order valence-corrected chi connectivity index (χ0v) is 20.3. The minimum Gasteiger partial charge on any atom is -0.367 e. The molecule has 1 aliphatic carbocycles. The molecule has 0 spiro atoms. The first-order chi connectivity index (χ1) is 16.2. The molecule has 3 N–H and O–H groups in total. The minimum absolute atomic E-state index is 0.0165. The van der Waals surface area contributed by atoms with Crippen LogP contribution < -0.4 is 10.5 Å². The number of anilines is 1. The molecule has 13 heteroatoms. The zero-order chi connectivity index (χ0) is 24.3. The Balaban J connectivity index is 1.44. The van der Waals surface area contributed by atoms with Crippen molar-refractivity contribution in [3.8, 4) is 0 Å². The number of rotatable bonds is 9. The third-order valence-corrected chi connectivity index (χ3v) is 6.48. The summed E-state index contributed by atoms with van der Waals surface area (Å²) in [5, 5.41) is 12.4. The van der Waals surface area contributed by atoms with Crippen molar-refractivity contribution in [1.29, 1.82) is 0 Å². The van der Waals surface area contributed by atoms with E-state index in [1.54, 1.807) is 24.4 Å². The first-order valence-corrected chi connectivity index (χ1v) is 12.7. The Morgan fingerprint density at radius 1 is 1.32 bits per heavy atom. The van der Waals surface area contributed by atoms with Crippen LogP contribution in [0.2, 0.25) is 0 Å².